The van der Waals surface area contributed by atoms with Crippen molar-refractivity contribution in [2.45, 2.75) is 32.2 Å². The second-order valence-electron chi connectivity index (χ2n) is 5.58. The number of esters is 1. The molecule has 0 spiro atoms. The summed E-state index contributed by atoms with van der Waals surface area (Å²) in [4.78, 5) is 25.9. The molecule has 3 rings (SSSR count). The predicted molar refractivity (Wildman–Crippen MR) is 77.9 cm³/mol. The molecule has 2 aliphatic rings. The molecule has 0 saturated carbocycles. The number of carbonyl (C=O) groups is 2. The minimum Gasteiger partial charge on any atom is -0.454 e. The van der Waals surface area contributed by atoms with E-state index in [1.807, 2.05) is 6.92 Å². The van der Waals surface area contributed by atoms with Crippen molar-refractivity contribution in [1.82, 2.24) is 4.90 Å². The van der Waals surface area contributed by atoms with Gasteiger partial charge in [-0.25, -0.2) is 4.79 Å². The largest absolute Gasteiger partial charge is 0.454 e. The number of amides is 1. The van der Waals surface area contributed by atoms with Gasteiger partial charge in [0.15, 0.2) is 18.1 Å². The van der Waals surface area contributed by atoms with Gasteiger partial charge in [0.25, 0.3) is 5.91 Å². The van der Waals surface area contributed by atoms with Gasteiger partial charge in [-0.2, -0.15) is 0 Å². The molecule has 1 saturated heterocycles. The van der Waals surface area contributed by atoms with Gasteiger partial charge >= 0.3 is 5.97 Å². The highest BCUT2D eigenvalue weighted by atomic mass is 16.7. The number of hydrogen-bond acceptors (Lipinski definition) is 5. The highest BCUT2D eigenvalue weighted by Gasteiger charge is 2.24. The average molecular weight is 305 g/mol. The minimum atomic E-state index is -0.531. The van der Waals surface area contributed by atoms with Gasteiger partial charge in [-0.15, -0.1) is 0 Å². The Kier molecular flexibility index (Phi) is 4.18. The topological polar surface area (TPSA) is 65.1 Å². The molecule has 0 radical (unpaired) electrons. The second kappa shape index (κ2) is 6.25. The molecule has 1 fully saturated rings. The van der Waals surface area contributed by atoms with Crippen LogP contribution >= 0.6 is 0 Å². The van der Waals surface area contributed by atoms with Gasteiger partial charge < -0.3 is 19.1 Å². The first kappa shape index (κ1) is 14.7. The van der Waals surface area contributed by atoms with Crippen LogP contribution in [0.5, 0.6) is 11.5 Å². The Morgan fingerprint density at radius 1 is 1.27 bits per heavy atom. The number of piperidine rings is 1. The Balaban J connectivity index is 1.57. The van der Waals surface area contributed by atoms with Crippen molar-refractivity contribution in [3.05, 3.63) is 23.8 Å². The standard InChI is InChI=1S/C16H19NO5/c1-11-4-2-3-7-17(11)15(18)9-20-16(19)12-5-6-13-14(8-12)22-10-21-13/h5-6,8,11H,2-4,7,9-10H2,1H3/t11-/m1/s1. The molecule has 118 valence electrons. The molecule has 0 aromatic heterocycles. The molecule has 6 nitrogen and oxygen atoms in total. The highest BCUT2D eigenvalue weighted by Crippen LogP contribution is 2.32. The smallest absolute Gasteiger partial charge is 0.338 e. The molecule has 1 aromatic carbocycles. The highest BCUT2D eigenvalue weighted by molar-refractivity contribution is 5.92. The van der Waals surface area contributed by atoms with Crippen molar-refractivity contribution < 1.29 is 23.8 Å². The predicted octanol–water partition coefficient (Wildman–Crippen LogP) is 1.97. The van der Waals surface area contributed by atoms with E-state index in [0.29, 0.717) is 17.1 Å². The summed E-state index contributed by atoms with van der Waals surface area (Å²) in [5.74, 6) is 0.456. The molecule has 2 aliphatic heterocycles. The van der Waals surface area contributed by atoms with Gasteiger partial charge in [-0.3, -0.25) is 4.79 Å². The number of benzene rings is 1. The summed E-state index contributed by atoms with van der Waals surface area (Å²) >= 11 is 0. The third-order valence-corrected chi connectivity index (χ3v) is 4.06. The first-order valence-electron chi connectivity index (χ1n) is 7.51. The molecule has 22 heavy (non-hydrogen) atoms. The van der Waals surface area contributed by atoms with E-state index >= 15 is 0 Å². The third kappa shape index (κ3) is 3.00. The summed E-state index contributed by atoms with van der Waals surface area (Å²) in [5.41, 5.74) is 0.351. The summed E-state index contributed by atoms with van der Waals surface area (Å²) in [6, 6.07) is 5.04. The second-order valence-corrected chi connectivity index (χ2v) is 5.58. The van der Waals surface area contributed by atoms with E-state index in [0.717, 1.165) is 25.8 Å². The summed E-state index contributed by atoms with van der Waals surface area (Å²) in [7, 11) is 0. The lowest BCUT2D eigenvalue weighted by molar-refractivity contribution is -0.137. The molecule has 6 heteroatoms. The van der Waals surface area contributed by atoms with Gasteiger partial charge in [-0.05, 0) is 44.4 Å². The van der Waals surface area contributed by atoms with Crippen molar-refractivity contribution in [2.24, 2.45) is 0 Å². The number of hydrogen-bond donors (Lipinski definition) is 0. The lowest BCUT2D eigenvalue weighted by Gasteiger charge is -2.33. The summed E-state index contributed by atoms with van der Waals surface area (Å²) < 4.78 is 15.5. The van der Waals surface area contributed by atoms with Crippen LogP contribution in [0.4, 0.5) is 0 Å². The van der Waals surface area contributed by atoms with Crippen molar-refractivity contribution >= 4 is 11.9 Å². The fourth-order valence-corrected chi connectivity index (χ4v) is 2.79. The summed E-state index contributed by atoms with van der Waals surface area (Å²) in [6.07, 6.45) is 3.15. The van der Waals surface area contributed by atoms with E-state index < -0.39 is 5.97 Å². The number of rotatable bonds is 3. The third-order valence-electron chi connectivity index (χ3n) is 4.06. The number of fused-ring (bicyclic) bond motifs is 1. The Morgan fingerprint density at radius 3 is 2.91 bits per heavy atom. The van der Waals surface area contributed by atoms with Crippen molar-refractivity contribution in [3.8, 4) is 11.5 Å². The van der Waals surface area contributed by atoms with Crippen LogP contribution in [-0.2, 0) is 9.53 Å². The lowest BCUT2D eigenvalue weighted by Crippen LogP contribution is -2.44. The number of likely N-dealkylation sites (tertiary alicyclic amines) is 1. The molecular formula is C16H19NO5. The maximum absolute atomic E-state index is 12.1. The van der Waals surface area contributed by atoms with Crippen LogP contribution in [-0.4, -0.2) is 42.8 Å². The molecule has 0 bridgehead atoms. The average Bonchev–Trinajstić information content (AvgIpc) is 3.00. The zero-order chi connectivity index (χ0) is 15.5. The molecular weight excluding hydrogens is 286 g/mol. The van der Waals surface area contributed by atoms with Crippen LogP contribution in [0.1, 0.15) is 36.5 Å². The van der Waals surface area contributed by atoms with Crippen molar-refractivity contribution in [1.29, 1.82) is 0 Å². The minimum absolute atomic E-state index is 0.138. The van der Waals surface area contributed by atoms with Gasteiger partial charge in [-0.1, -0.05) is 0 Å². The molecule has 0 unspecified atom stereocenters. The van der Waals surface area contributed by atoms with E-state index in [-0.39, 0.29) is 25.3 Å². The zero-order valence-electron chi connectivity index (χ0n) is 12.5. The fourth-order valence-electron chi connectivity index (χ4n) is 2.79. The lowest BCUT2D eigenvalue weighted by atomic mass is 10.0. The molecule has 2 heterocycles. The van der Waals surface area contributed by atoms with Gasteiger partial charge in [0, 0.05) is 12.6 Å². The molecule has 1 amide bonds. The van der Waals surface area contributed by atoms with Crippen molar-refractivity contribution in [2.75, 3.05) is 19.9 Å². The zero-order valence-corrected chi connectivity index (χ0v) is 12.5. The first-order chi connectivity index (χ1) is 10.6. The summed E-state index contributed by atoms with van der Waals surface area (Å²) in [5, 5.41) is 0. The quantitative estimate of drug-likeness (QED) is 0.799. The number of nitrogens with zero attached hydrogens (tertiary/aromatic N) is 1. The maximum atomic E-state index is 12.1. The molecule has 0 aliphatic carbocycles. The van der Waals surface area contributed by atoms with E-state index in [1.54, 1.807) is 23.1 Å². The fraction of sp³-hybridized carbons (Fsp3) is 0.500. The van der Waals surface area contributed by atoms with Crippen LogP contribution in [0.15, 0.2) is 18.2 Å². The van der Waals surface area contributed by atoms with Crippen LogP contribution in [0, 0.1) is 0 Å². The number of carbonyl (C=O) groups excluding carboxylic acids is 2. The Hall–Kier alpha value is -2.24. The number of ether oxygens (including phenoxy) is 3. The first-order valence-corrected chi connectivity index (χ1v) is 7.51. The maximum Gasteiger partial charge on any atom is 0.338 e. The van der Waals surface area contributed by atoms with E-state index in [9.17, 15) is 9.59 Å². The van der Waals surface area contributed by atoms with Crippen LogP contribution in [0.3, 0.4) is 0 Å². The van der Waals surface area contributed by atoms with E-state index in [1.165, 1.54) is 0 Å². The van der Waals surface area contributed by atoms with Crippen LogP contribution in [0.25, 0.3) is 0 Å². The van der Waals surface area contributed by atoms with Gasteiger partial charge in [0.05, 0.1) is 5.56 Å². The molecule has 0 N–H and O–H groups in total. The van der Waals surface area contributed by atoms with E-state index in [2.05, 4.69) is 0 Å². The van der Waals surface area contributed by atoms with Crippen LogP contribution in [0.2, 0.25) is 0 Å². The summed E-state index contributed by atoms with van der Waals surface area (Å²) in [6.45, 7) is 2.69. The van der Waals surface area contributed by atoms with E-state index in [4.69, 9.17) is 14.2 Å². The monoisotopic (exact) mass is 305 g/mol. The Morgan fingerprint density at radius 2 is 2.09 bits per heavy atom. The Labute approximate surface area is 128 Å². The normalized spacial score (nSPS) is 19.9. The molecule has 1 atom stereocenters. The van der Waals surface area contributed by atoms with Gasteiger partial charge in [0.2, 0.25) is 6.79 Å². The molecule has 1 aromatic rings. The van der Waals surface area contributed by atoms with Crippen LogP contribution < -0.4 is 9.47 Å². The SMILES string of the molecule is C[C@@H]1CCCCN1C(=O)COC(=O)c1ccc2c(c1)OCO2. The van der Waals surface area contributed by atoms with Crippen molar-refractivity contribution in [3.63, 3.8) is 0 Å². The van der Waals surface area contributed by atoms with Gasteiger partial charge in [0.1, 0.15) is 0 Å². The Bertz CT molecular complexity index is 586.